The number of hydrogen-bond acceptors (Lipinski definition) is 5. The van der Waals surface area contributed by atoms with E-state index in [2.05, 4.69) is 10.3 Å². The van der Waals surface area contributed by atoms with E-state index in [9.17, 15) is 4.79 Å². The summed E-state index contributed by atoms with van der Waals surface area (Å²) >= 11 is 8.86. The number of halogens is 2. The second-order valence-corrected chi connectivity index (χ2v) is 8.40. The molecule has 1 fully saturated rings. The van der Waals surface area contributed by atoms with Crippen molar-refractivity contribution in [3.05, 3.63) is 27.0 Å². The Kier molecular flexibility index (Phi) is 6.08. The number of hydrogen-bond donors (Lipinski definition) is 2. The zero-order valence-corrected chi connectivity index (χ0v) is 15.9. The number of amides is 1. The van der Waals surface area contributed by atoms with E-state index in [4.69, 9.17) is 17.3 Å². The van der Waals surface area contributed by atoms with Crippen LogP contribution in [0.2, 0.25) is 4.34 Å². The van der Waals surface area contributed by atoms with Gasteiger partial charge in [0.25, 0.3) is 5.91 Å². The highest BCUT2D eigenvalue weighted by Gasteiger charge is 2.35. The smallest absolute Gasteiger partial charge is 0.263 e. The molecule has 0 spiro atoms. The van der Waals surface area contributed by atoms with Gasteiger partial charge in [-0.1, -0.05) is 24.4 Å². The summed E-state index contributed by atoms with van der Waals surface area (Å²) in [4.78, 5) is 18.8. The SMILES string of the molecule is Cc1nc(-c2ccc(Cl)s2)sc1C(=O)NC1(CN)CCCC1.Cl. The molecule has 2 aromatic rings. The first-order valence-electron chi connectivity index (χ1n) is 7.29. The van der Waals surface area contributed by atoms with Crippen molar-refractivity contribution in [2.24, 2.45) is 5.73 Å². The molecule has 2 heterocycles. The average molecular weight is 392 g/mol. The highest BCUT2D eigenvalue weighted by Crippen LogP contribution is 2.35. The molecule has 2 aromatic heterocycles. The average Bonchev–Trinajstić information content (AvgIpc) is 3.19. The van der Waals surface area contributed by atoms with Gasteiger partial charge in [0, 0.05) is 6.54 Å². The Morgan fingerprint density at radius 1 is 1.39 bits per heavy atom. The fourth-order valence-electron chi connectivity index (χ4n) is 2.87. The molecule has 8 heteroatoms. The first kappa shape index (κ1) is 18.7. The molecule has 0 aromatic carbocycles. The molecule has 126 valence electrons. The third-order valence-corrected chi connectivity index (χ3v) is 6.67. The molecular formula is C15H19Cl2N3OS2. The summed E-state index contributed by atoms with van der Waals surface area (Å²) in [6, 6.07) is 3.78. The van der Waals surface area contributed by atoms with E-state index in [0.29, 0.717) is 11.4 Å². The Morgan fingerprint density at radius 3 is 2.65 bits per heavy atom. The standard InChI is InChI=1S/C15H18ClN3OS2.ClH/c1-9-12(13(20)19-15(8-17)6-2-3-7-15)22-14(18-9)10-4-5-11(16)21-10;/h4-5H,2-3,6-8,17H2,1H3,(H,19,20);1H. The number of nitrogens with one attached hydrogen (secondary N) is 1. The highest BCUT2D eigenvalue weighted by atomic mass is 35.5. The van der Waals surface area contributed by atoms with Crippen molar-refractivity contribution in [3.63, 3.8) is 0 Å². The van der Waals surface area contributed by atoms with Gasteiger partial charge in [-0.2, -0.15) is 0 Å². The number of nitrogens with two attached hydrogens (primary N) is 1. The van der Waals surface area contributed by atoms with Gasteiger partial charge in [0.1, 0.15) is 9.88 Å². The number of nitrogens with zero attached hydrogens (tertiary/aromatic N) is 1. The van der Waals surface area contributed by atoms with E-state index in [0.717, 1.165) is 45.6 Å². The van der Waals surface area contributed by atoms with Crippen LogP contribution in [0.15, 0.2) is 12.1 Å². The van der Waals surface area contributed by atoms with Gasteiger partial charge in [0.15, 0.2) is 0 Å². The summed E-state index contributed by atoms with van der Waals surface area (Å²) in [5.41, 5.74) is 6.41. The molecule has 1 saturated carbocycles. The van der Waals surface area contributed by atoms with Crippen molar-refractivity contribution in [1.29, 1.82) is 0 Å². The fraction of sp³-hybridized carbons (Fsp3) is 0.467. The minimum Gasteiger partial charge on any atom is -0.345 e. The second-order valence-electron chi connectivity index (χ2n) is 5.68. The van der Waals surface area contributed by atoms with E-state index in [-0.39, 0.29) is 23.9 Å². The molecule has 0 aliphatic heterocycles. The number of thiazole rings is 1. The van der Waals surface area contributed by atoms with Crippen molar-refractivity contribution in [1.82, 2.24) is 10.3 Å². The highest BCUT2D eigenvalue weighted by molar-refractivity contribution is 7.24. The minimum absolute atomic E-state index is 0. The summed E-state index contributed by atoms with van der Waals surface area (Å²) in [5.74, 6) is -0.0590. The zero-order valence-electron chi connectivity index (χ0n) is 12.7. The largest absolute Gasteiger partial charge is 0.345 e. The van der Waals surface area contributed by atoms with Gasteiger partial charge >= 0.3 is 0 Å². The van der Waals surface area contributed by atoms with Crippen LogP contribution in [0.4, 0.5) is 0 Å². The molecule has 3 rings (SSSR count). The van der Waals surface area contributed by atoms with Crippen LogP contribution in [0.3, 0.4) is 0 Å². The Hall–Kier alpha value is -0.660. The van der Waals surface area contributed by atoms with E-state index in [1.807, 2.05) is 19.1 Å². The first-order chi connectivity index (χ1) is 10.5. The van der Waals surface area contributed by atoms with Gasteiger partial charge in [-0.05, 0) is 31.9 Å². The Balaban J connectivity index is 0.00000192. The van der Waals surface area contributed by atoms with E-state index >= 15 is 0 Å². The summed E-state index contributed by atoms with van der Waals surface area (Å²) in [6.07, 6.45) is 4.16. The molecule has 1 aliphatic carbocycles. The lowest BCUT2D eigenvalue weighted by atomic mass is 9.98. The summed E-state index contributed by atoms with van der Waals surface area (Å²) in [7, 11) is 0. The summed E-state index contributed by atoms with van der Waals surface area (Å²) < 4.78 is 0.724. The number of carbonyl (C=O) groups is 1. The summed E-state index contributed by atoms with van der Waals surface area (Å²) in [5, 5.41) is 3.99. The first-order valence-corrected chi connectivity index (χ1v) is 9.30. The van der Waals surface area contributed by atoms with Crippen molar-refractivity contribution < 1.29 is 4.79 Å². The van der Waals surface area contributed by atoms with Crippen LogP contribution in [0, 0.1) is 6.92 Å². The molecule has 0 saturated heterocycles. The van der Waals surface area contributed by atoms with Crippen molar-refractivity contribution in [3.8, 4) is 9.88 Å². The van der Waals surface area contributed by atoms with E-state index in [1.54, 1.807) is 0 Å². The topological polar surface area (TPSA) is 68.0 Å². The van der Waals surface area contributed by atoms with Crippen LogP contribution in [0.5, 0.6) is 0 Å². The molecule has 0 bridgehead atoms. The van der Waals surface area contributed by atoms with Crippen LogP contribution >= 0.6 is 46.7 Å². The third-order valence-electron chi connectivity index (χ3n) is 4.12. The quantitative estimate of drug-likeness (QED) is 0.817. The molecule has 23 heavy (non-hydrogen) atoms. The normalized spacial score (nSPS) is 16.1. The molecule has 3 N–H and O–H groups in total. The van der Waals surface area contributed by atoms with Crippen LogP contribution in [0.25, 0.3) is 9.88 Å². The molecule has 1 amide bonds. The van der Waals surface area contributed by atoms with Gasteiger partial charge in [-0.25, -0.2) is 4.98 Å². The number of aromatic nitrogens is 1. The van der Waals surface area contributed by atoms with Gasteiger partial charge < -0.3 is 11.1 Å². The molecule has 1 aliphatic rings. The molecular weight excluding hydrogens is 373 g/mol. The maximum Gasteiger partial charge on any atom is 0.263 e. The maximum atomic E-state index is 12.6. The molecule has 4 nitrogen and oxygen atoms in total. The minimum atomic E-state index is -0.236. The summed E-state index contributed by atoms with van der Waals surface area (Å²) in [6.45, 7) is 2.36. The number of aryl methyl sites for hydroxylation is 1. The van der Waals surface area contributed by atoms with Crippen molar-refractivity contribution >= 4 is 52.6 Å². The predicted octanol–water partition coefficient (Wildman–Crippen LogP) is 4.26. The lowest BCUT2D eigenvalue weighted by Crippen LogP contribution is -2.51. The Labute approximate surface area is 154 Å². The van der Waals surface area contributed by atoms with Crippen LogP contribution < -0.4 is 11.1 Å². The lowest BCUT2D eigenvalue weighted by molar-refractivity contribution is 0.0906. The Bertz CT molecular complexity index is 693. The van der Waals surface area contributed by atoms with Crippen LogP contribution in [0.1, 0.15) is 41.0 Å². The monoisotopic (exact) mass is 391 g/mol. The van der Waals surface area contributed by atoms with Gasteiger partial charge in [0.2, 0.25) is 0 Å². The fourth-order valence-corrected chi connectivity index (χ4v) is 4.93. The lowest BCUT2D eigenvalue weighted by Gasteiger charge is -2.28. The van der Waals surface area contributed by atoms with Crippen LogP contribution in [-0.2, 0) is 0 Å². The predicted molar refractivity (Wildman–Crippen MR) is 100 cm³/mol. The van der Waals surface area contributed by atoms with Crippen molar-refractivity contribution in [2.75, 3.05) is 6.54 Å². The zero-order chi connectivity index (χ0) is 15.7. The number of thiophene rings is 1. The Morgan fingerprint density at radius 2 is 2.09 bits per heavy atom. The van der Waals surface area contributed by atoms with Crippen LogP contribution in [-0.4, -0.2) is 23.0 Å². The molecule has 0 atom stereocenters. The van der Waals surface area contributed by atoms with Gasteiger partial charge in [-0.3, -0.25) is 4.79 Å². The van der Waals surface area contributed by atoms with E-state index < -0.39 is 0 Å². The number of carbonyl (C=O) groups excluding carboxylic acids is 1. The molecule has 0 unspecified atom stereocenters. The molecule has 0 radical (unpaired) electrons. The van der Waals surface area contributed by atoms with Gasteiger partial charge in [0.05, 0.1) is 20.4 Å². The van der Waals surface area contributed by atoms with Gasteiger partial charge in [-0.15, -0.1) is 35.1 Å². The maximum absolute atomic E-state index is 12.6. The number of rotatable bonds is 4. The van der Waals surface area contributed by atoms with Crippen molar-refractivity contribution in [2.45, 2.75) is 38.1 Å². The third kappa shape index (κ3) is 3.88. The van der Waals surface area contributed by atoms with E-state index in [1.165, 1.54) is 22.7 Å². The second kappa shape index (κ2) is 7.49.